The van der Waals surface area contributed by atoms with E-state index in [2.05, 4.69) is 20.4 Å². The molecule has 5 saturated heterocycles. The molecule has 2 bridgehead atoms. The van der Waals surface area contributed by atoms with E-state index in [0.717, 1.165) is 62.4 Å². The summed E-state index contributed by atoms with van der Waals surface area (Å²) in [5, 5.41) is 17.5. The molecule has 1 unspecified atom stereocenters. The number of hydrogen-bond donors (Lipinski definition) is 3. The Balaban J connectivity index is 1.05. The second-order valence-corrected chi connectivity index (χ2v) is 14.7. The number of carbonyl (C=O) groups is 3. The molecule has 5 aliphatic heterocycles. The van der Waals surface area contributed by atoms with Crippen LogP contribution in [0.2, 0.25) is 0 Å². The van der Waals surface area contributed by atoms with Crippen LogP contribution in [0.15, 0.2) is 48.5 Å². The minimum absolute atomic E-state index is 0.0429. The van der Waals surface area contributed by atoms with Gasteiger partial charge in [-0.05, 0) is 92.6 Å². The Labute approximate surface area is 293 Å². The summed E-state index contributed by atoms with van der Waals surface area (Å²) in [6, 6.07) is 13.1. The number of benzene rings is 3. The Morgan fingerprint density at radius 3 is 2.49 bits per heavy atom. The number of urea groups is 1. The number of carbonyl (C=O) groups excluding carboxylic acids is 3. The van der Waals surface area contributed by atoms with Crippen LogP contribution in [-0.2, 0) is 9.59 Å². The van der Waals surface area contributed by atoms with E-state index in [1.54, 1.807) is 18.2 Å². The fourth-order valence-electron chi connectivity index (χ4n) is 9.36. The molecule has 0 spiro atoms. The Morgan fingerprint density at radius 1 is 0.980 bits per heavy atom. The van der Waals surface area contributed by atoms with Crippen LogP contribution in [0.4, 0.5) is 15.0 Å². The first-order valence-electron chi connectivity index (χ1n) is 18.0. The zero-order valence-electron chi connectivity index (χ0n) is 28.2. The Kier molecular flexibility index (Phi) is 7.71. The predicted octanol–water partition coefficient (Wildman–Crippen LogP) is 4.47. The molecule has 5 fully saturated rings. The molecule has 0 aliphatic carbocycles. The molecule has 5 aliphatic rings. The van der Waals surface area contributed by atoms with Gasteiger partial charge in [-0.1, -0.05) is 30.3 Å². The average Bonchev–Trinajstić information content (AvgIpc) is 3.86. The number of nitrogens with zero attached hydrogens (tertiary/aromatic N) is 5. The van der Waals surface area contributed by atoms with Crippen molar-refractivity contribution >= 4 is 45.3 Å². The number of aromatic nitrogens is 2. The summed E-state index contributed by atoms with van der Waals surface area (Å²) >= 11 is 0. The summed E-state index contributed by atoms with van der Waals surface area (Å²) < 4.78 is 23.4. The number of phenols is 1. The van der Waals surface area contributed by atoms with Crippen molar-refractivity contribution in [3.8, 4) is 22.9 Å². The predicted molar refractivity (Wildman–Crippen MR) is 188 cm³/mol. The fourth-order valence-corrected chi connectivity index (χ4v) is 9.36. The molecule has 9 rings (SSSR count). The van der Waals surface area contributed by atoms with Gasteiger partial charge < -0.3 is 25.0 Å². The van der Waals surface area contributed by atoms with Gasteiger partial charge in [0, 0.05) is 42.5 Å². The second kappa shape index (κ2) is 12.3. The number of nitrogens with one attached hydrogen (secondary N) is 2. The molecule has 13 heteroatoms. The summed E-state index contributed by atoms with van der Waals surface area (Å²) in [5.74, 6) is -0.346. The van der Waals surface area contributed by atoms with Crippen LogP contribution in [0.3, 0.4) is 0 Å². The van der Waals surface area contributed by atoms with E-state index in [4.69, 9.17) is 14.7 Å². The summed E-state index contributed by atoms with van der Waals surface area (Å²) in [6.45, 7) is 3.55. The molecular weight excluding hydrogens is 653 g/mol. The van der Waals surface area contributed by atoms with E-state index in [1.807, 2.05) is 35.2 Å². The van der Waals surface area contributed by atoms with Gasteiger partial charge in [0.25, 0.3) is 5.91 Å². The molecule has 0 radical (unpaired) electrons. The number of anilines is 1. The van der Waals surface area contributed by atoms with Crippen LogP contribution in [0.25, 0.3) is 32.8 Å². The fraction of sp³-hybridized carbons (Fsp3) is 0.447. The van der Waals surface area contributed by atoms with Crippen molar-refractivity contribution in [1.82, 2.24) is 30.4 Å². The van der Waals surface area contributed by atoms with Crippen molar-refractivity contribution in [3.05, 3.63) is 54.3 Å². The molecular formula is C38H40FN7O5. The summed E-state index contributed by atoms with van der Waals surface area (Å²) in [4.78, 5) is 53.3. The minimum Gasteiger partial charge on any atom is -0.508 e. The van der Waals surface area contributed by atoms with Crippen LogP contribution in [-0.4, -0.2) is 99.2 Å². The van der Waals surface area contributed by atoms with E-state index < -0.39 is 23.8 Å². The van der Waals surface area contributed by atoms with E-state index in [-0.39, 0.29) is 53.6 Å². The van der Waals surface area contributed by atoms with E-state index in [0.29, 0.717) is 42.0 Å². The van der Waals surface area contributed by atoms with Crippen LogP contribution in [0.5, 0.6) is 11.8 Å². The quantitative estimate of drug-likeness (QED) is 0.228. The van der Waals surface area contributed by atoms with Gasteiger partial charge in [0.05, 0.1) is 5.54 Å². The smallest absolute Gasteiger partial charge is 0.322 e. The number of imide groups is 1. The molecule has 1 aromatic heterocycles. The van der Waals surface area contributed by atoms with Gasteiger partial charge in [0.15, 0.2) is 5.82 Å². The van der Waals surface area contributed by atoms with Gasteiger partial charge in [-0.25, -0.2) is 9.18 Å². The molecule has 3 aromatic carbocycles. The van der Waals surface area contributed by atoms with Crippen LogP contribution in [0, 0.1) is 5.82 Å². The second-order valence-electron chi connectivity index (χ2n) is 14.7. The lowest BCUT2D eigenvalue weighted by atomic mass is 9.95. The molecule has 264 valence electrons. The molecule has 6 heterocycles. The van der Waals surface area contributed by atoms with E-state index in [1.165, 1.54) is 0 Å². The Hall–Kier alpha value is -5.04. The summed E-state index contributed by atoms with van der Waals surface area (Å²) in [7, 11) is 0. The zero-order chi connectivity index (χ0) is 34.9. The third-order valence-corrected chi connectivity index (χ3v) is 11.8. The van der Waals surface area contributed by atoms with Gasteiger partial charge in [-0.3, -0.25) is 19.8 Å². The molecule has 12 nitrogen and oxygen atoms in total. The lowest BCUT2D eigenvalue weighted by Crippen LogP contribution is -2.56. The first kappa shape index (κ1) is 31.9. The van der Waals surface area contributed by atoms with Crippen molar-refractivity contribution < 1.29 is 28.6 Å². The van der Waals surface area contributed by atoms with Crippen molar-refractivity contribution in [2.45, 2.75) is 75.0 Å². The molecule has 51 heavy (non-hydrogen) atoms. The molecule has 3 atom stereocenters. The van der Waals surface area contributed by atoms with Crippen LogP contribution >= 0.6 is 0 Å². The standard InChI is InChI=1S/C38H40FN7O5/c39-32-27(29-18-25(47)17-22-5-1-2-6-26(22)29)9-10-28-33(32)41-37(51-21-38-13-3-15-45(38)16-4-14-38)42-34(28)44-19-23-7-8-24(20-44)46(23)31(48)12-11-30-35(49)43-36(50)40-30/h1-2,5-6,9-10,17-18,23-24,30,47H,3-4,7-8,11-16,19-21H2,(H2,40,43,49,50)/t23-,24+,30?. The van der Waals surface area contributed by atoms with Gasteiger partial charge in [0.1, 0.15) is 29.7 Å². The van der Waals surface area contributed by atoms with Gasteiger partial charge >= 0.3 is 12.0 Å². The highest BCUT2D eigenvalue weighted by Gasteiger charge is 2.46. The third-order valence-electron chi connectivity index (χ3n) is 11.8. The monoisotopic (exact) mass is 693 g/mol. The van der Waals surface area contributed by atoms with Gasteiger partial charge in [-0.15, -0.1) is 0 Å². The highest BCUT2D eigenvalue weighted by Crippen LogP contribution is 2.42. The van der Waals surface area contributed by atoms with Crippen LogP contribution in [0.1, 0.15) is 51.4 Å². The highest BCUT2D eigenvalue weighted by atomic mass is 19.1. The van der Waals surface area contributed by atoms with Crippen molar-refractivity contribution in [2.75, 3.05) is 37.7 Å². The number of phenolic OH excluding ortho intramolecular Hbond substituents is 1. The number of fused-ring (bicyclic) bond motifs is 5. The maximum atomic E-state index is 16.9. The first-order chi connectivity index (χ1) is 24.8. The SMILES string of the molecule is O=C1NC(=O)C(CCC(=O)N2[C@@H]3CC[C@H]2CN(c2nc(OCC45CCCN4CCC5)nc4c(F)c(-c5cc(O)cc6ccccc56)ccc24)C3)N1. The number of rotatable bonds is 8. The first-order valence-corrected chi connectivity index (χ1v) is 18.0. The molecule has 0 saturated carbocycles. The normalized spacial score (nSPS) is 24.0. The lowest BCUT2D eigenvalue weighted by molar-refractivity contribution is -0.134. The average molecular weight is 694 g/mol. The topological polar surface area (TPSA) is 140 Å². The number of hydrogen-bond acceptors (Lipinski definition) is 9. The van der Waals surface area contributed by atoms with E-state index >= 15 is 4.39 Å². The highest BCUT2D eigenvalue weighted by molar-refractivity contribution is 6.04. The maximum Gasteiger partial charge on any atom is 0.322 e. The largest absolute Gasteiger partial charge is 0.508 e. The molecule has 3 N–H and O–H groups in total. The number of piperazine rings is 1. The Bertz CT molecular complexity index is 2070. The van der Waals surface area contributed by atoms with Gasteiger partial charge in [0.2, 0.25) is 5.91 Å². The van der Waals surface area contributed by atoms with Crippen LogP contribution < -0.4 is 20.3 Å². The summed E-state index contributed by atoms with van der Waals surface area (Å²) in [5.41, 5.74) is 0.991. The zero-order valence-corrected chi connectivity index (χ0v) is 28.2. The van der Waals surface area contributed by atoms with Crippen molar-refractivity contribution in [3.63, 3.8) is 0 Å². The lowest BCUT2D eigenvalue weighted by Gasteiger charge is -2.42. The number of ether oxygens (including phenoxy) is 1. The molecule has 4 amide bonds. The van der Waals surface area contributed by atoms with Gasteiger partial charge in [-0.2, -0.15) is 9.97 Å². The van der Waals surface area contributed by atoms with E-state index in [9.17, 15) is 19.5 Å². The maximum absolute atomic E-state index is 16.9. The number of aromatic hydroxyl groups is 1. The minimum atomic E-state index is -0.705. The number of halogens is 1. The number of amides is 4. The Morgan fingerprint density at radius 2 is 1.75 bits per heavy atom. The van der Waals surface area contributed by atoms with Crippen molar-refractivity contribution in [2.24, 2.45) is 0 Å². The third kappa shape index (κ3) is 5.49. The van der Waals surface area contributed by atoms with Crippen molar-refractivity contribution in [1.29, 1.82) is 0 Å². The molecule has 4 aromatic rings. The summed E-state index contributed by atoms with van der Waals surface area (Å²) in [6.07, 6.45) is 6.37.